The van der Waals surface area contributed by atoms with E-state index in [1.54, 1.807) is 20.8 Å². The van der Waals surface area contributed by atoms with Crippen molar-refractivity contribution in [1.82, 2.24) is 19.9 Å². The van der Waals surface area contributed by atoms with Crippen molar-refractivity contribution in [2.75, 3.05) is 7.11 Å². The fourth-order valence-electron chi connectivity index (χ4n) is 2.42. The zero-order valence-corrected chi connectivity index (χ0v) is 12.7. The number of aromatic nitrogens is 4. The minimum absolute atomic E-state index is 0.210. The third-order valence-electron chi connectivity index (χ3n) is 3.33. The van der Waals surface area contributed by atoms with E-state index in [0.29, 0.717) is 28.7 Å². The smallest absolute Gasteiger partial charge is 0.377 e. The Morgan fingerprint density at radius 2 is 2.00 bits per heavy atom. The van der Waals surface area contributed by atoms with Crippen molar-refractivity contribution >= 4 is 0 Å². The summed E-state index contributed by atoms with van der Waals surface area (Å²) in [6.45, 7) is 4.15. The number of rotatable bonds is 5. The number of hydrogen-bond donors (Lipinski definition) is 0. The van der Waals surface area contributed by atoms with Crippen LogP contribution in [0.3, 0.4) is 0 Å². The molecule has 0 bridgehead atoms. The Kier molecular flexibility index (Phi) is 4.55. The highest BCUT2D eigenvalue weighted by molar-refractivity contribution is 5.32. The van der Waals surface area contributed by atoms with Gasteiger partial charge in [-0.2, -0.15) is 23.3 Å². The highest BCUT2D eigenvalue weighted by Gasteiger charge is 2.31. The fourth-order valence-corrected chi connectivity index (χ4v) is 2.42. The quantitative estimate of drug-likeness (QED) is 0.848. The van der Waals surface area contributed by atoms with Crippen LogP contribution in [0.15, 0.2) is 4.52 Å². The number of nitrogens with zero attached hydrogens (tertiary/aromatic N) is 4. The molecule has 0 fully saturated rings. The Hall–Kier alpha value is -1.90. The number of ether oxygens (including phenoxy) is 1. The van der Waals surface area contributed by atoms with E-state index in [2.05, 4.69) is 15.2 Å². The second-order valence-corrected chi connectivity index (χ2v) is 5.06. The van der Waals surface area contributed by atoms with Crippen molar-refractivity contribution in [2.45, 2.75) is 46.0 Å². The van der Waals surface area contributed by atoms with Crippen molar-refractivity contribution in [3.05, 3.63) is 28.7 Å². The minimum Gasteiger partial charge on any atom is -0.377 e. The van der Waals surface area contributed by atoms with Crippen LogP contribution in [0.5, 0.6) is 0 Å². The Labute approximate surface area is 125 Å². The van der Waals surface area contributed by atoms with Gasteiger partial charge < -0.3 is 9.26 Å². The topological polar surface area (TPSA) is 66.0 Å². The summed E-state index contributed by atoms with van der Waals surface area (Å²) >= 11 is 0. The fraction of sp³-hybridized carbons (Fsp3) is 0.615. The molecule has 2 rings (SSSR count). The second-order valence-electron chi connectivity index (χ2n) is 5.06. The van der Waals surface area contributed by atoms with Crippen molar-refractivity contribution in [3.63, 3.8) is 0 Å². The predicted molar refractivity (Wildman–Crippen MR) is 70.3 cm³/mol. The van der Waals surface area contributed by atoms with Crippen LogP contribution in [0.25, 0.3) is 0 Å². The van der Waals surface area contributed by atoms with E-state index >= 15 is 0 Å². The molecule has 2 aromatic rings. The molecular formula is C13H17F3N4O2. The SMILES string of the molecule is COCc1noc([C@@H](C)c2c(C)nn(CC(F)(F)F)c2C)n1. The van der Waals surface area contributed by atoms with Gasteiger partial charge >= 0.3 is 6.18 Å². The lowest BCUT2D eigenvalue weighted by Gasteiger charge is -2.10. The standard InChI is InChI=1S/C13H17F3N4O2/c1-7(12-17-10(5-21-4)19-22-12)11-8(2)18-20(9(11)3)6-13(14,15)16/h7H,5-6H2,1-4H3/t7-/m0/s1. The van der Waals surface area contributed by atoms with Gasteiger partial charge in [0.15, 0.2) is 5.82 Å². The van der Waals surface area contributed by atoms with E-state index in [-0.39, 0.29) is 12.5 Å². The molecule has 2 heterocycles. The molecule has 0 amide bonds. The predicted octanol–water partition coefficient (Wildman–Crippen LogP) is 2.74. The molecule has 1 atom stereocenters. The first-order valence-corrected chi connectivity index (χ1v) is 6.65. The van der Waals surface area contributed by atoms with Gasteiger partial charge in [-0.05, 0) is 20.8 Å². The zero-order chi connectivity index (χ0) is 16.5. The average molecular weight is 318 g/mol. The summed E-state index contributed by atoms with van der Waals surface area (Å²) in [4.78, 5) is 4.18. The lowest BCUT2D eigenvalue weighted by Crippen LogP contribution is -2.19. The molecule has 0 aliphatic rings. The molecule has 0 radical (unpaired) electrons. The van der Waals surface area contributed by atoms with E-state index < -0.39 is 12.7 Å². The van der Waals surface area contributed by atoms with E-state index in [1.807, 2.05) is 0 Å². The molecule has 122 valence electrons. The Morgan fingerprint density at radius 1 is 1.32 bits per heavy atom. The average Bonchev–Trinajstić information content (AvgIpc) is 2.94. The summed E-state index contributed by atoms with van der Waals surface area (Å²) in [5, 5.41) is 7.73. The molecule has 2 aromatic heterocycles. The van der Waals surface area contributed by atoms with Gasteiger partial charge in [0, 0.05) is 18.4 Å². The number of aryl methyl sites for hydroxylation is 1. The second kappa shape index (κ2) is 6.07. The van der Waals surface area contributed by atoms with Crippen LogP contribution in [-0.2, 0) is 17.9 Å². The summed E-state index contributed by atoms with van der Waals surface area (Å²) in [5.74, 6) is 0.368. The lowest BCUT2D eigenvalue weighted by molar-refractivity contribution is -0.142. The van der Waals surface area contributed by atoms with Crippen LogP contribution in [0.4, 0.5) is 13.2 Å². The highest BCUT2D eigenvalue weighted by atomic mass is 19.4. The maximum atomic E-state index is 12.6. The van der Waals surface area contributed by atoms with Crippen molar-refractivity contribution in [2.24, 2.45) is 0 Å². The first-order valence-electron chi connectivity index (χ1n) is 6.65. The molecule has 0 saturated heterocycles. The molecule has 0 spiro atoms. The molecular weight excluding hydrogens is 301 g/mol. The molecule has 22 heavy (non-hydrogen) atoms. The first-order chi connectivity index (χ1) is 10.2. The molecule has 0 aliphatic heterocycles. The van der Waals surface area contributed by atoms with E-state index in [9.17, 15) is 13.2 Å². The number of alkyl halides is 3. The Bertz CT molecular complexity index is 648. The lowest BCUT2D eigenvalue weighted by atomic mass is 9.99. The van der Waals surface area contributed by atoms with Crippen LogP contribution in [0.2, 0.25) is 0 Å². The van der Waals surface area contributed by atoms with Gasteiger partial charge in [-0.15, -0.1) is 0 Å². The van der Waals surface area contributed by atoms with Gasteiger partial charge in [-0.25, -0.2) is 0 Å². The normalized spacial score (nSPS) is 13.6. The molecule has 0 aliphatic carbocycles. The summed E-state index contributed by atoms with van der Waals surface area (Å²) in [6.07, 6.45) is -4.32. The maximum absolute atomic E-state index is 12.6. The zero-order valence-electron chi connectivity index (χ0n) is 12.7. The van der Waals surface area contributed by atoms with Crippen LogP contribution in [0, 0.1) is 13.8 Å². The van der Waals surface area contributed by atoms with Crippen LogP contribution < -0.4 is 0 Å². The Balaban J connectivity index is 2.31. The van der Waals surface area contributed by atoms with E-state index in [4.69, 9.17) is 9.26 Å². The van der Waals surface area contributed by atoms with Gasteiger partial charge in [-0.1, -0.05) is 5.16 Å². The third-order valence-corrected chi connectivity index (χ3v) is 3.33. The summed E-state index contributed by atoms with van der Waals surface area (Å²) in [7, 11) is 1.51. The highest BCUT2D eigenvalue weighted by Crippen LogP contribution is 2.29. The molecule has 0 aromatic carbocycles. The summed E-state index contributed by atoms with van der Waals surface area (Å²) in [6, 6.07) is 0. The van der Waals surface area contributed by atoms with Gasteiger partial charge in [0.25, 0.3) is 0 Å². The minimum atomic E-state index is -4.32. The molecule has 0 unspecified atom stereocenters. The van der Waals surface area contributed by atoms with Gasteiger partial charge in [0.2, 0.25) is 5.89 Å². The number of halogens is 3. The summed E-state index contributed by atoms with van der Waals surface area (Å²) in [5.41, 5.74) is 1.62. The Morgan fingerprint density at radius 3 is 2.59 bits per heavy atom. The van der Waals surface area contributed by atoms with Crippen LogP contribution in [0.1, 0.15) is 41.5 Å². The maximum Gasteiger partial charge on any atom is 0.408 e. The first kappa shape index (κ1) is 16.5. The third kappa shape index (κ3) is 3.46. The van der Waals surface area contributed by atoms with Crippen LogP contribution >= 0.6 is 0 Å². The van der Waals surface area contributed by atoms with Crippen LogP contribution in [-0.4, -0.2) is 33.2 Å². The van der Waals surface area contributed by atoms with Gasteiger partial charge in [0.1, 0.15) is 13.2 Å². The van der Waals surface area contributed by atoms with Crippen molar-refractivity contribution in [3.8, 4) is 0 Å². The number of methoxy groups -OCH3 is 1. The molecule has 9 heteroatoms. The van der Waals surface area contributed by atoms with E-state index in [0.717, 1.165) is 4.68 Å². The number of hydrogen-bond acceptors (Lipinski definition) is 5. The van der Waals surface area contributed by atoms with Gasteiger partial charge in [-0.3, -0.25) is 4.68 Å². The largest absolute Gasteiger partial charge is 0.408 e. The van der Waals surface area contributed by atoms with E-state index in [1.165, 1.54) is 7.11 Å². The van der Waals surface area contributed by atoms with Crippen molar-refractivity contribution in [1.29, 1.82) is 0 Å². The van der Waals surface area contributed by atoms with Crippen molar-refractivity contribution < 1.29 is 22.4 Å². The summed E-state index contributed by atoms with van der Waals surface area (Å²) < 4.78 is 48.7. The molecule has 0 N–H and O–H groups in total. The monoisotopic (exact) mass is 318 g/mol. The molecule has 0 saturated carbocycles. The van der Waals surface area contributed by atoms with Gasteiger partial charge in [0.05, 0.1) is 11.6 Å². The molecule has 6 nitrogen and oxygen atoms in total.